The van der Waals surface area contributed by atoms with Gasteiger partial charge in [0.15, 0.2) is 0 Å². The predicted molar refractivity (Wildman–Crippen MR) is 68.6 cm³/mol. The molecule has 0 saturated carbocycles. The molecule has 104 valence electrons. The lowest BCUT2D eigenvalue weighted by atomic mass is 9.91. The van der Waals surface area contributed by atoms with Crippen LogP contribution in [-0.4, -0.2) is 66.7 Å². The molecule has 19 heavy (non-hydrogen) atoms. The molecule has 3 heterocycles. The van der Waals surface area contributed by atoms with Crippen molar-refractivity contribution >= 4 is 12.0 Å². The summed E-state index contributed by atoms with van der Waals surface area (Å²) in [5.41, 5.74) is -0.373. The number of ether oxygens (including phenoxy) is 1. The fourth-order valence-electron chi connectivity index (χ4n) is 3.02. The van der Waals surface area contributed by atoms with E-state index in [-0.39, 0.29) is 23.6 Å². The molecule has 0 unspecified atom stereocenters. The number of hydrogen-bond acceptors (Lipinski definition) is 4. The first kappa shape index (κ1) is 12.5. The average molecular weight is 265 g/mol. The average Bonchev–Trinajstić information content (AvgIpc) is 3.00. The van der Waals surface area contributed by atoms with E-state index in [0.29, 0.717) is 19.6 Å². The van der Waals surface area contributed by atoms with Crippen LogP contribution in [0.25, 0.3) is 0 Å². The second-order valence-electron chi connectivity index (χ2n) is 5.55. The normalized spacial score (nSPS) is 29.1. The van der Waals surface area contributed by atoms with E-state index in [0.717, 1.165) is 19.4 Å². The van der Waals surface area contributed by atoms with Gasteiger partial charge in [0.1, 0.15) is 11.6 Å². The number of amides is 2. The lowest BCUT2D eigenvalue weighted by molar-refractivity contribution is -0.135. The number of nitrogens with zero attached hydrogens (tertiary/aromatic N) is 2. The van der Waals surface area contributed by atoms with E-state index in [2.05, 4.69) is 5.32 Å². The number of likely N-dealkylation sites (N-methyl/N-ethyl adjacent to an activating group) is 1. The smallest absolute Gasteiger partial charge is 0.410 e. The van der Waals surface area contributed by atoms with Crippen molar-refractivity contribution in [3.8, 4) is 0 Å². The Kier molecular flexibility index (Phi) is 2.97. The fourth-order valence-corrected chi connectivity index (χ4v) is 3.02. The summed E-state index contributed by atoms with van der Waals surface area (Å²) in [6.07, 6.45) is 5.09. The monoisotopic (exact) mass is 265 g/mol. The molecule has 0 aliphatic carbocycles. The summed E-state index contributed by atoms with van der Waals surface area (Å²) < 4.78 is 5.48. The highest BCUT2D eigenvalue weighted by Gasteiger charge is 2.46. The van der Waals surface area contributed by atoms with Gasteiger partial charge in [-0.2, -0.15) is 0 Å². The highest BCUT2D eigenvalue weighted by molar-refractivity contribution is 5.84. The second-order valence-corrected chi connectivity index (χ2v) is 5.55. The highest BCUT2D eigenvalue weighted by Crippen LogP contribution is 2.32. The third kappa shape index (κ3) is 2.20. The van der Waals surface area contributed by atoms with Crippen molar-refractivity contribution in [2.24, 2.45) is 0 Å². The van der Waals surface area contributed by atoms with E-state index < -0.39 is 0 Å². The maximum Gasteiger partial charge on any atom is 0.410 e. The number of carbonyl (C=O) groups excluding carboxylic acids is 2. The van der Waals surface area contributed by atoms with Crippen molar-refractivity contribution in [2.75, 3.05) is 33.2 Å². The maximum atomic E-state index is 12.2. The Morgan fingerprint density at radius 1 is 1.47 bits per heavy atom. The topological polar surface area (TPSA) is 61.9 Å². The highest BCUT2D eigenvalue weighted by atomic mass is 16.6. The minimum atomic E-state index is -0.373. The lowest BCUT2D eigenvalue weighted by Gasteiger charge is -2.38. The van der Waals surface area contributed by atoms with Crippen LogP contribution in [0, 0.1) is 0 Å². The molecule has 3 aliphatic rings. The van der Waals surface area contributed by atoms with Crippen molar-refractivity contribution in [3.05, 3.63) is 12.2 Å². The van der Waals surface area contributed by atoms with Gasteiger partial charge < -0.3 is 14.5 Å². The third-order valence-corrected chi connectivity index (χ3v) is 4.18. The molecule has 3 aliphatic heterocycles. The standard InChI is InChI=1S/C13H19N3O3/c1-15-9-13(19-12(15)18)4-7-16(8-5-13)11(17)10-3-2-6-14-10/h2-3,10,14H,4-9H2,1H3/t10-/m1/s1. The molecule has 2 amide bonds. The van der Waals surface area contributed by atoms with Gasteiger partial charge in [-0.05, 0) is 0 Å². The third-order valence-electron chi connectivity index (χ3n) is 4.18. The zero-order chi connectivity index (χ0) is 13.5. The van der Waals surface area contributed by atoms with E-state index in [1.54, 1.807) is 11.9 Å². The van der Waals surface area contributed by atoms with Crippen LogP contribution in [0.2, 0.25) is 0 Å². The molecule has 0 bridgehead atoms. The van der Waals surface area contributed by atoms with E-state index >= 15 is 0 Å². The van der Waals surface area contributed by atoms with E-state index in [4.69, 9.17) is 4.74 Å². The molecule has 2 fully saturated rings. The Labute approximate surface area is 112 Å². The molecule has 6 nitrogen and oxygen atoms in total. The Balaban J connectivity index is 1.59. The first-order chi connectivity index (χ1) is 9.10. The van der Waals surface area contributed by atoms with Crippen LogP contribution in [0.5, 0.6) is 0 Å². The van der Waals surface area contributed by atoms with Gasteiger partial charge in [-0.1, -0.05) is 12.2 Å². The molecule has 1 atom stereocenters. The minimum absolute atomic E-state index is 0.126. The lowest BCUT2D eigenvalue weighted by Crippen LogP contribution is -2.52. The van der Waals surface area contributed by atoms with Crippen LogP contribution in [0.4, 0.5) is 4.79 Å². The quantitative estimate of drug-likeness (QED) is 0.676. The van der Waals surface area contributed by atoms with Gasteiger partial charge in [-0.25, -0.2) is 4.79 Å². The van der Waals surface area contributed by atoms with Gasteiger partial charge in [0.2, 0.25) is 5.91 Å². The zero-order valence-corrected chi connectivity index (χ0v) is 11.1. The summed E-state index contributed by atoms with van der Waals surface area (Å²) in [5, 5.41) is 3.13. The Morgan fingerprint density at radius 2 is 2.21 bits per heavy atom. The molecule has 1 spiro atoms. The van der Waals surface area contributed by atoms with Crippen LogP contribution < -0.4 is 5.32 Å². The molecule has 2 saturated heterocycles. The van der Waals surface area contributed by atoms with Crippen LogP contribution in [-0.2, 0) is 9.53 Å². The SMILES string of the molecule is CN1CC2(CCN(C(=O)[C@H]3C=CCN3)CC2)OC1=O. The van der Waals surface area contributed by atoms with Crippen molar-refractivity contribution in [3.63, 3.8) is 0 Å². The molecule has 6 heteroatoms. The fraction of sp³-hybridized carbons (Fsp3) is 0.692. The molecule has 0 radical (unpaired) electrons. The number of rotatable bonds is 1. The van der Waals surface area contributed by atoms with Crippen molar-refractivity contribution < 1.29 is 14.3 Å². The van der Waals surface area contributed by atoms with Crippen LogP contribution >= 0.6 is 0 Å². The molecular formula is C13H19N3O3. The van der Waals surface area contributed by atoms with Crippen molar-refractivity contribution in [1.82, 2.24) is 15.1 Å². The van der Waals surface area contributed by atoms with Crippen LogP contribution in [0.3, 0.4) is 0 Å². The first-order valence-corrected chi connectivity index (χ1v) is 6.73. The summed E-state index contributed by atoms with van der Waals surface area (Å²) >= 11 is 0. The van der Waals surface area contributed by atoms with Gasteiger partial charge in [-0.3, -0.25) is 10.1 Å². The molecular weight excluding hydrogens is 246 g/mol. The Hall–Kier alpha value is -1.56. The van der Waals surface area contributed by atoms with Gasteiger partial charge in [0.05, 0.1) is 6.54 Å². The summed E-state index contributed by atoms with van der Waals surface area (Å²) in [6, 6.07) is -0.178. The molecule has 1 N–H and O–H groups in total. The predicted octanol–water partition coefficient (Wildman–Crippen LogP) is -0.0424. The van der Waals surface area contributed by atoms with Gasteiger partial charge in [0.25, 0.3) is 0 Å². The number of nitrogens with one attached hydrogen (secondary N) is 1. The molecule has 0 aromatic carbocycles. The first-order valence-electron chi connectivity index (χ1n) is 6.73. The number of likely N-dealkylation sites (tertiary alicyclic amines) is 1. The Morgan fingerprint density at radius 3 is 2.74 bits per heavy atom. The zero-order valence-electron chi connectivity index (χ0n) is 11.1. The minimum Gasteiger partial charge on any atom is -0.441 e. The van der Waals surface area contributed by atoms with E-state index in [1.165, 1.54) is 0 Å². The summed E-state index contributed by atoms with van der Waals surface area (Å²) in [5.74, 6) is 0.126. The van der Waals surface area contributed by atoms with Gasteiger partial charge in [0, 0.05) is 39.5 Å². The second kappa shape index (κ2) is 4.52. The van der Waals surface area contributed by atoms with Gasteiger partial charge >= 0.3 is 6.09 Å². The molecule has 0 aromatic heterocycles. The van der Waals surface area contributed by atoms with E-state index in [1.807, 2.05) is 17.1 Å². The summed E-state index contributed by atoms with van der Waals surface area (Å²) in [4.78, 5) is 27.2. The van der Waals surface area contributed by atoms with Crippen LogP contribution in [0.1, 0.15) is 12.8 Å². The molecule has 3 rings (SSSR count). The maximum absolute atomic E-state index is 12.2. The van der Waals surface area contributed by atoms with Crippen molar-refractivity contribution in [1.29, 1.82) is 0 Å². The largest absolute Gasteiger partial charge is 0.441 e. The van der Waals surface area contributed by atoms with Gasteiger partial charge in [-0.15, -0.1) is 0 Å². The number of hydrogen-bond donors (Lipinski definition) is 1. The van der Waals surface area contributed by atoms with E-state index in [9.17, 15) is 9.59 Å². The molecule has 0 aromatic rings. The Bertz CT molecular complexity index is 427. The van der Waals surface area contributed by atoms with Crippen LogP contribution in [0.15, 0.2) is 12.2 Å². The van der Waals surface area contributed by atoms with Crippen molar-refractivity contribution in [2.45, 2.75) is 24.5 Å². The summed E-state index contributed by atoms with van der Waals surface area (Å²) in [6.45, 7) is 2.71. The summed E-state index contributed by atoms with van der Waals surface area (Å²) in [7, 11) is 1.75. The number of carbonyl (C=O) groups is 2. The number of piperidine rings is 1.